The van der Waals surface area contributed by atoms with E-state index >= 15 is 0 Å². The van der Waals surface area contributed by atoms with E-state index in [0.717, 1.165) is 0 Å². The van der Waals surface area contributed by atoms with Crippen molar-refractivity contribution in [2.45, 2.75) is 6.61 Å². The minimum atomic E-state index is -1.24. The third kappa shape index (κ3) is 2.62. The second-order valence-electron chi connectivity index (χ2n) is 3.96. The van der Waals surface area contributed by atoms with Crippen LogP contribution in [-0.4, -0.2) is 30.5 Å². The van der Waals surface area contributed by atoms with Crippen LogP contribution in [0.1, 0.15) is 16.1 Å². The Bertz CT molecular complexity index is 638. The minimum Gasteiger partial charge on any atom is -0.496 e. The second-order valence-corrected chi connectivity index (χ2v) is 3.96. The Balaban J connectivity index is 2.59. The molecule has 1 N–H and O–H groups in total. The van der Waals surface area contributed by atoms with Gasteiger partial charge >= 0.3 is 5.97 Å². The maximum atomic E-state index is 13.5. The molecule has 0 saturated carbocycles. The summed E-state index contributed by atoms with van der Waals surface area (Å²) in [5.74, 6) is -1.81. The summed E-state index contributed by atoms with van der Waals surface area (Å²) in [4.78, 5) is 10.8. The molecule has 7 heteroatoms. The molecule has 0 aliphatic rings. The fourth-order valence-corrected chi connectivity index (χ4v) is 1.85. The molecule has 2 aromatic rings. The average Bonchev–Trinajstić information content (AvgIpc) is 2.87. The Hall–Kier alpha value is -2.41. The number of aromatic carboxylic acids is 1. The van der Waals surface area contributed by atoms with Gasteiger partial charge in [0, 0.05) is 19.2 Å². The van der Waals surface area contributed by atoms with Crippen LogP contribution in [0.25, 0.3) is 11.3 Å². The van der Waals surface area contributed by atoms with Crippen LogP contribution in [0.3, 0.4) is 0 Å². The zero-order chi connectivity index (χ0) is 14.7. The first kappa shape index (κ1) is 14.0. The van der Waals surface area contributed by atoms with E-state index in [9.17, 15) is 9.18 Å². The van der Waals surface area contributed by atoms with E-state index in [1.54, 1.807) is 0 Å². The lowest BCUT2D eigenvalue weighted by molar-refractivity contribution is 0.0652. The molecule has 1 aromatic heterocycles. The number of methoxy groups -OCH3 is 2. The zero-order valence-corrected chi connectivity index (χ0v) is 10.8. The molecule has 0 fully saturated rings. The number of carboxylic acids is 1. The Labute approximate surface area is 113 Å². The fourth-order valence-electron chi connectivity index (χ4n) is 1.85. The van der Waals surface area contributed by atoms with Gasteiger partial charge in [0.05, 0.1) is 19.3 Å². The highest BCUT2D eigenvalue weighted by molar-refractivity contribution is 5.86. The maximum absolute atomic E-state index is 13.5. The lowest BCUT2D eigenvalue weighted by Gasteiger charge is -2.11. The number of rotatable bonds is 5. The van der Waals surface area contributed by atoms with Crippen LogP contribution in [0.15, 0.2) is 22.7 Å². The highest BCUT2D eigenvalue weighted by atomic mass is 19.1. The van der Waals surface area contributed by atoms with Crippen molar-refractivity contribution in [3.05, 3.63) is 35.3 Å². The normalized spacial score (nSPS) is 10.6. The minimum absolute atomic E-state index is 0.124. The molecule has 2 rings (SSSR count). The van der Waals surface area contributed by atoms with Crippen molar-refractivity contribution in [3.63, 3.8) is 0 Å². The molecule has 106 valence electrons. The predicted octanol–water partition coefficient (Wildman–Crippen LogP) is 2.33. The van der Waals surface area contributed by atoms with Crippen molar-refractivity contribution in [1.82, 2.24) is 5.16 Å². The van der Waals surface area contributed by atoms with E-state index < -0.39 is 11.8 Å². The van der Waals surface area contributed by atoms with Crippen LogP contribution in [0.5, 0.6) is 5.75 Å². The Kier molecular flexibility index (Phi) is 3.99. The van der Waals surface area contributed by atoms with Crippen LogP contribution in [0, 0.1) is 5.82 Å². The average molecular weight is 281 g/mol. The first-order valence-electron chi connectivity index (χ1n) is 5.62. The SMILES string of the molecule is COCc1cc(F)cc(OC)c1-c1cc(C(=O)O)on1. The molecular formula is C13H12FNO5. The van der Waals surface area contributed by atoms with Crippen LogP contribution in [0.4, 0.5) is 4.39 Å². The number of ether oxygens (including phenoxy) is 2. The quantitative estimate of drug-likeness (QED) is 0.905. The number of hydrogen-bond acceptors (Lipinski definition) is 5. The summed E-state index contributed by atoms with van der Waals surface area (Å²) < 4.78 is 28.3. The fraction of sp³-hybridized carbons (Fsp3) is 0.231. The maximum Gasteiger partial charge on any atom is 0.374 e. The number of hydrogen-bond donors (Lipinski definition) is 1. The van der Waals surface area contributed by atoms with Crippen LogP contribution < -0.4 is 4.74 Å². The summed E-state index contributed by atoms with van der Waals surface area (Å²) in [6, 6.07) is 3.71. The number of halogens is 1. The number of aromatic nitrogens is 1. The van der Waals surface area contributed by atoms with Crippen molar-refractivity contribution < 1.29 is 28.3 Å². The second kappa shape index (κ2) is 5.70. The highest BCUT2D eigenvalue weighted by Crippen LogP contribution is 2.34. The Morgan fingerprint density at radius 1 is 1.40 bits per heavy atom. The number of benzene rings is 1. The van der Waals surface area contributed by atoms with E-state index in [2.05, 4.69) is 5.16 Å². The van der Waals surface area contributed by atoms with E-state index in [4.69, 9.17) is 19.1 Å². The molecule has 0 bridgehead atoms. The van der Waals surface area contributed by atoms with Gasteiger partial charge < -0.3 is 19.1 Å². The van der Waals surface area contributed by atoms with Gasteiger partial charge in [-0.1, -0.05) is 5.16 Å². The molecule has 0 radical (unpaired) electrons. The molecule has 6 nitrogen and oxygen atoms in total. The molecule has 0 unspecified atom stereocenters. The van der Waals surface area contributed by atoms with Gasteiger partial charge in [0.1, 0.15) is 17.3 Å². The van der Waals surface area contributed by atoms with Gasteiger partial charge in [-0.25, -0.2) is 9.18 Å². The van der Waals surface area contributed by atoms with Crippen molar-refractivity contribution in [3.8, 4) is 17.0 Å². The number of carbonyl (C=O) groups is 1. The number of nitrogens with zero attached hydrogens (tertiary/aromatic N) is 1. The molecule has 0 amide bonds. The lowest BCUT2D eigenvalue weighted by atomic mass is 10.0. The first-order valence-corrected chi connectivity index (χ1v) is 5.62. The zero-order valence-electron chi connectivity index (χ0n) is 10.8. The molecule has 20 heavy (non-hydrogen) atoms. The van der Waals surface area contributed by atoms with Crippen molar-refractivity contribution >= 4 is 5.97 Å². The Morgan fingerprint density at radius 2 is 2.15 bits per heavy atom. The van der Waals surface area contributed by atoms with E-state index in [1.165, 1.54) is 32.4 Å². The third-order valence-electron chi connectivity index (χ3n) is 2.65. The standard InChI is InChI=1S/C13H12FNO5/c1-18-6-7-3-8(14)4-10(19-2)12(7)9-5-11(13(16)17)20-15-9/h3-5H,6H2,1-2H3,(H,16,17). The predicted molar refractivity (Wildman–Crippen MR) is 66.1 cm³/mol. The molecule has 0 aliphatic heterocycles. The Morgan fingerprint density at radius 3 is 2.70 bits per heavy atom. The summed E-state index contributed by atoms with van der Waals surface area (Å²) in [7, 11) is 2.85. The van der Waals surface area contributed by atoms with Crippen LogP contribution in [0.2, 0.25) is 0 Å². The molecule has 0 spiro atoms. The van der Waals surface area contributed by atoms with E-state index in [0.29, 0.717) is 11.1 Å². The van der Waals surface area contributed by atoms with Gasteiger partial charge in [0.2, 0.25) is 5.76 Å². The molecule has 0 atom stereocenters. The van der Waals surface area contributed by atoms with E-state index in [-0.39, 0.29) is 23.8 Å². The highest BCUT2D eigenvalue weighted by Gasteiger charge is 2.19. The topological polar surface area (TPSA) is 81.8 Å². The summed E-state index contributed by atoms with van der Waals surface area (Å²) in [6.45, 7) is 0.124. The van der Waals surface area contributed by atoms with Crippen molar-refractivity contribution in [1.29, 1.82) is 0 Å². The van der Waals surface area contributed by atoms with Crippen LogP contribution in [-0.2, 0) is 11.3 Å². The monoisotopic (exact) mass is 281 g/mol. The first-order chi connectivity index (χ1) is 9.56. The summed E-state index contributed by atoms with van der Waals surface area (Å²) in [5, 5.41) is 12.5. The van der Waals surface area contributed by atoms with Crippen molar-refractivity contribution in [2.75, 3.05) is 14.2 Å². The third-order valence-corrected chi connectivity index (χ3v) is 2.65. The molecule has 0 saturated heterocycles. The van der Waals surface area contributed by atoms with Gasteiger partial charge in [-0.15, -0.1) is 0 Å². The molecule has 0 aliphatic carbocycles. The lowest BCUT2D eigenvalue weighted by Crippen LogP contribution is -1.98. The summed E-state index contributed by atoms with van der Waals surface area (Å²) in [6.07, 6.45) is 0. The van der Waals surface area contributed by atoms with Crippen LogP contribution >= 0.6 is 0 Å². The largest absolute Gasteiger partial charge is 0.496 e. The van der Waals surface area contributed by atoms with E-state index in [1.807, 2.05) is 0 Å². The summed E-state index contributed by atoms with van der Waals surface area (Å²) >= 11 is 0. The molecule has 1 heterocycles. The number of carboxylic acid groups (broad SMARTS) is 1. The molecule has 1 aromatic carbocycles. The van der Waals surface area contributed by atoms with Gasteiger partial charge in [-0.2, -0.15) is 0 Å². The van der Waals surface area contributed by atoms with Gasteiger partial charge in [0.15, 0.2) is 0 Å². The van der Waals surface area contributed by atoms with Gasteiger partial charge in [0.25, 0.3) is 0 Å². The van der Waals surface area contributed by atoms with Crippen molar-refractivity contribution in [2.24, 2.45) is 0 Å². The van der Waals surface area contributed by atoms with Gasteiger partial charge in [-0.3, -0.25) is 0 Å². The summed E-state index contributed by atoms with van der Waals surface area (Å²) in [5.41, 5.74) is 1.16. The molecular weight excluding hydrogens is 269 g/mol. The van der Waals surface area contributed by atoms with Gasteiger partial charge in [-0.05, 0) is 11.6 Å². The smallest absolute Gasteiger partial charge is 0.374 e.